The highest BCUT2D eigenvalue weighted by atomic mass is 32.1. The lowest BCUT2D eigenvalue weighted by molar-refractivity contribution is 0.806. The fourth-order valence-corrected chi connectivity index (χ4v) is 2.73. The Morgan fingerprint density at radius 3 is 2.74 bits per heavy atom. The van der Waals surface area contributed by atoms with E-state index in [1.165, 1.54) is 11.1 Å². The summed E-state index contributed by atoms with van der Waals surface area (Å²) in [7, 11) is 4.00. The molecule has 0 aromatic carbocycles. The first-order valence-corrected chi connectivity index (χ1v) is 7.20. The first kappa shape index (κ1) is 14.0. The molecule has 0 unspecified atom stereocenters. The molecule has 0 bridgehead atoms. The predicted molar refractivity (Wildman–Crippen MR) is 80.7 cm³/mol. The molecule has 2 heterocycles. The second-order valence-electron chi connectivity index (χ2n) is 4.73. The zero-order chi connectivity index (χ0) is 13.8. The maximum atomic E-state index is 4.56. The minimum Gasteiger partial charge on any atom is -0.354 e. The maximum Gasteiger partial charge on any atom is 0.131 e. The topological polar surface area (TPSA) is 41.1 Å². The Hall–Kier alpha value is -1.46. The van der Waals surface area contributed by atoms with Gasteiger partial charge in [-0.15, -0.1) is 11.3 Å². The van der Waals surface area contributed by atoms with Gasteiger partial charge in [0.2, 0.25) is 0 Å². The van der Waals surface area contributed by atoms with Crippen molar-refractivity contribution < 1.29 is 0 Å². The minimum atomic E-state index is 0.795. The van der Waals surface area contributed by atoms with Crippen molar-refractivity contribution in [3.05, 3.63) is 39.5 Å². The molecule has 1 N–H and O–H groups in total. The van der Waals surface area contributed by atoms with Crippen molar-refractivity contribution >= 4 is 17.2 Å². The molecule has 0 spiro atoms. The summed E-state index contributed by atoms with van der Waals surface area (Å²) in [6, 6.07) is 2.18. The number of nitrogens with one attached hydrogen (secondary N) is 1. The van der Waals surface area contributed by atoms with E-state index in [0.717, 1.165) is 29.6 Å². The van der Waals surface area contributed by atoms with Gasteiger partial charge in [0.1, 0.15) is 5.82 Å². The zero-order valence-corrected chi connectivity index (χ0v) is 12.7. The summed E-state index contributed by atoms with van der Waals surface area (Å²) in [5, 5.41) is 6.36. The number of thiazole rings is 1. The van der Waals surface area contributed by atoms with Crippen molar-refractivity contribution in [3.8, 4) is 0 Å². The van der Waals surface area contributed by atoms with Crippen LogP contribution in [0.3, 0.4) is 0 Å². The van der Waals surface area contributed by atoms with E-state index in [1.807, 2.05) is 20.2 Å². The molecule has 4 nitrogen and oxygen atoms in total. The maximum absolute atomic E-state index is 4.56. The highest BCUT2D eigenvalue weighted by Crippen LogP contribution is 2.19. The largest absolute Gasteiger partial charge is 0.354 e. The molecule has 0 radical (unpaired) electrons. The predicted octanol–water partition coefficient (Wildman–Crippen LogP) is 2.51. The highest BCUT2D eigenvalue weighted by molar-refractivity contribution is 7.09. The monoisotopic (exact) mass is 276 g/mol. The minimum absolute atomic E-state index is 0.795. The molecule has 0 aliphatic rings. The number of nitrogens with zero attached hydrogens (tertiary/aromatic N) is 3. The van der Waals surface area contributed by atoms with Gasteiger partial charge in [-0.25, -0.2) is 9.97 Å². The van der Waals surface area contributed by atoms with Gasteiger partial charge in [-0.05, 0) is 38.1 Å². The molecule has 0 atom stereocenters. The van der Waals surface area contributed by atoms with Crippen molar-refractivity contribution in [1.82, 2.24) is 15.3 Å². The van der Waals surface area contributed by atoms with Crippen molar-refractivity contribution in [2.45, 2.75) is 26.9 Å². The summed E-state index contributed by atoms with van der Waals surface area (Å²) < 4.78 is 0. The van der Waals surface area contributed by atoms with Crippen molar-refractivity contribution in [2.24, 2.45) is 0 Å². The van der Waals surface area contributed by atoms with Gasteiger partial charge in [0, 0.05) is 25.2 Å². The molecule has 0 saturated carbocycles. The van der Waals surface area contributed by atoms with Gasteiger partial charge >= 0.3 is 0 Å². The first-order valence-electron chi connectivity index (χ1n) is 6.32. The Kier molecular flexibility index (Phi) is 4.50. The highest BCUT2D eigenvalue weighted by Gasteiger charge is 2.09. The molecule has 2 aromatic rings. The van der Waals surface area contributed by atoms with Crippen molar-refractivity contribution in [3.63, 3.8) is 0 Å². The molecule has 0 aliphatic heterocycles. The number of aromatic nitrogens is 2. The van der Waals surface area contributed by atoms with Crippen LogP contribution >= 0.6 is 11.3 Å². The lowest BCUT2D eigenvalue weighted by Gasteiger charge is -2.19. The van der Waals surface area contributed by atoms with Crippen LogP contribution in [0.4, 0.5) is 5.82 Å². The van der Waals surface area contributed by atoms with E-state index in [0.29, 0.717) is 0 Å². The fourth-order valence-electron chi connectivity index (χ4n) is 2.12. The summed E-state index contributed by atoms with van der Waals surface area (Å²) in [6.07, 6.45) is 1.93. The quantitative estimate of drug-likeness (QED) is 0.911. The molecule has 2 rings (SSSR count). The lowest BCUT2D eigenvalue weighted by Crippen LogP contribution is -2.19. The summed E-state index contributed by atoms with van der Waals surface area (Å²) in [5.41, 5.74) is 3.51. The van der Waals surface area contributed by atoms with Gasteiger partial charge in [0.15, 0.2) is 0 Å². The van der Waals surface area contributed by atoms with Crippen LogP contribution in [0.15, 0.2) is 17.6 Å². The summed E-state index contributed by atoms with van der Waals surface area (Å²) in [4.78, 5) is 11.2. The van der Waals surface area contributed by atoms with E-state index in [9.17, 15) is 0 Å². The number of hydrogen-bond acceptors (Lipinski definition) is 5. The third-order valence-corrected chi connectivity index (χ3v) is 3.74. The van der Waals surface area contributed by atoms with Crippen LogP contribution in [-0.4, -0.2) is 24.1 Å². The molecule has 19 heavy (non-hydrogen) atoms. The number of pyridine rings is 1. The van der Waals surface area contributed by atoms with Gasteiger partial charge in [-0.1, -0.05) is 0 Å². The summed E-state index contributed by atoms with van der Waals surface area (Å²) in [6.45, 7) is 5.78. The van der Waals surface area contributed by atoms with Gasteiger partial charge in [-0.2, -0.15) is 0 Å². The van der Waals surface area contributed by atoms with Crippen LogP contribution < -0.4 is 10.2 Å². The molecular weight excluding hydrogens is 256 g/mol. The third-order valence-electron chi connectivity index (χ3n) is 2.92. The summed E-state index contributed by atoms with van der Waals surface area (Å²) in [5.74, 6) is 1.02. The molecule has 5 heteroatoms. The van der Waals surface area contributed by atoms with Crippen LogP contribution in [0, 0.1) is 13.8 Å². The molecule has 2 aromatic heterocycles. The first-order chi connectivity index (χ1) is 9.10. The van der Waals surface area contributed by atoms with Crippen molar-refractivity contribution in [2.75, 3.05) is 19.0 Å². The number of hydrogen-bond donors (Lipinski definition) is 1. The van der Waals surface area contributed by atoms with E-state index in [1.54, 1.807) is 11.3 Å². The Labute approximate surface area is 118 Å². The second-order valence-corrected chi connectivity index (χ2v) is 5.79. The number of anilines is 1. The standard InChI is InChI=1S/C14H20N4S/c1-10-5-12(6-15-3)7-16-14(10)18(4)8-13-9-19-11(2)17-13/h5,7,9,15H,6,8H2,1-4H3. The Morgan fingerprint density at radius 1 is 1.37 bits per heavy atom. The molecule has 0 fully saturated rings. The van der Waals surface area contributed by atoms with E-state index >= 15 is 0 Å². The van der Waals surface area contributed by atoms with Crippen LogP contribution in [0.25, 0.3) is 0 Å². The van der Waals surface area contributed by atoms with Gasteiger partial charge < -0.3 is 10.2 Å². The Balaban J connectivity index is 2.12. The Bertz CT molecular complexity index is 550. The number of aryl methyl sites for hydroxylation is 2. The van der Waals surface area contributed by atoms with Crippen LogP contribution in [-0.2, 0) is 13.1 Å². The Morgan fingerprint density at radius 2 is 2.16 bits per heavy atom. The smallest absolute Gasteiger partial charge is 0.131 e. The summed E-state index contributed by atoms with van der Waals surface area (Å²) >= 11 is 1.69. The SMILES string of the molecule is CNCc1cnc(N(C)Cc2csc(C)n2)c(C)c1. The van der Waals surface area contributed by atoms with Crippen molar-refractivity contribution in [1.29, 1.82) is 0 Å². The zero-order valence-electron chi connectivity index (χ0n) is 11.9. The molecular formula is C14H20N4S. The average Bonchev–Trinajstić information content (AvgIpc) is 2.75. The van der Waals surface area contributed by atoms with Crippen LogP contribution in [0.1, 0.15) is 21.8 Å². The molecule has 0 saturated heterocycles. The normalized spacial score (nSPS) is 10.7. The second kappa shape index (κ2) is 6.12. The van der Waals surface area contributed by atoms with Crippen LogP contribution in [0.2, 0.25) is 0 Å². The average molecular weight is 276 g/mol. The van der Waals surface area contributed by atoms with E-state index in [4.69, 9.17) is 0 Å². The van der Waals surface area contributed by atoms with Gasteiger partial charge in [0.05, 0.1) is 17.2 Å². The van der Waals surface area contributed by atoms with E-state index < -0.39 is 0 Å². The van der Waals surface area contributed by atoms with Gasteiger partial charge in [0.25, 0.3) is 0 Å². The van der Waals surface area contributed by atoms with E-state index in [-0.39, 0.29) is 0 Å². The molecule has 102 valence electrons. The fraction of sp³-hybridized carbons (Fsp3) is 0.429. The lowest BCUT2D eigenvalue weighted by atomic mass is 10.2. The van der Waals surface area contributed by atoms with E-state index in [2.05, 4.69) is 45.6 Å². The third kappa shape index (κ3) is 3.52. The number of rotatable bonds is 5. The molecule has 0 amide bonds. The van der Waals surface area contributed by atoms with Crippen LogP contribution in [0.5, 0.6) is 0 Å². The molecule has 0 aliphatic carbocycles. The van der Waals surface area contributed by atoms with Gasteiger partial charge in [-0.3, -0.25) is 0 Å².